The van der Waals surface area contributed by atoms with Gasteiger partial charge in [0.1, 0.15) is 0 Å². The van der Waals surface area contributed by atoms with Gasteiger partial charge < -0.3 is 10.5 Å². The molecule has 116 valence electrons. The zero-order valence-electron chi connectivity index (χ0n) is 11.8. The van der Waals surface area contributed by atoms with Gasteiger partial charge in [0.05, 0.1) is 12.2 Å². The maximum Gasteiger partial charge on any atom is 0.223 e. The van der Waals surface area contributed by atoms with Crippen molar-refractivity contribution in [2.24, 2.45) is 11.7 Å². The summed E-state index contributed by atoms with van der Waals surface area (Å²) in [5.41, 5.74) is 5.42. The quantitative estimate of drug-likeness (QED) is 0.710. The van der Waals surface area contributed by atoms with Crippen LogP contribution in [0.3, 0.4) is 0 Å². The average Bonchev–Trinajstić information content (AvgIpc) is 2.62. The third-order valence-electron chi connectivity index (χ3n) is 4.09. The van der Waals surface area contributed by atoms with E-state index in [4.69, 9.17) is 10.5 Å². The Kier molecular flexibility index (Phi) is 5.00. The van der Waals surface area contributed by atoms with Crippen LogP contribution in [0, 0.1) is 5.92 Å². The summed E-state index contributed by atoms with van der Waals surface area (Å²) in [6, 6.07) is 0.352. The molecule has 0 aromatic carbocycles. The summed E-state index contributed by atoms with van der Waals surface area (Å²) in [5, 5.41) is 0. The highest BCUT2D eigenvalue weighted by Crippen LogP contribution is 2.20. The van der Waals surface area contributed by atoms with Gasteiger partial charge in [-0.25, -0.2) is 12.7 Å². The molecule has 0 aromatic rings. The third-order valence-corrected chi connectivity index (χ3v) is 5.36. The molecule has 8 heteroatoms. The van der Waals surface area contributed by atoms with E-state index in [0.717, 1.165) is 26.1 Å². The highest BCUT2D eigenvalue weighted by molar-refractivity contribution is 7.88. The van der Waals surface area contributed by atoms with Gasteiger partial charge in [-0.05, 0) is 12.8 Å². The van der Waals surface area contributed by atoms with Crippen molar-refractivity contribution in [3.05, 3.63) is 0 Å². The lowest BCUT2D eigenvalue weighted by Gasteiger charge is -2.34. The Morgan fingerprint density at radius 1 is 1.20 bits per heavy atom. The summed E-state index contributed by atoms with van der Waals surface area (Å²) >= 11 is 0. The zero-order chi connectivity index (χ0) is 14.8. The van der Waals surface area contributed by atoms with Crippen LogP contribution in [-0.2, 0) is 19.6 Å². The molecular formula is C12H23N3O4S. The molecule has 0 saturated carbocycles. The lowest BCUT2D eigenvalue weighted by molar-refractivity contribution is -0.122. The molecule has 2 aliphatic rings. The Balaban J connectivity index is 2.11. The van der Waals surface area contributed by atoms with Gasteiger partial charge in [-0.15, -0.1) is 0 Å². The molecule has 1 amide bonds. The van der Waals surface area contributed by atoms with E-state index >= 15 is 0 Å². The lowest BCUT2D eigenvalue weighted by Crippen LogP contribution is -2.44. The largest absolute Gasteiger partial charge is 0.381 e. The molecule has 7 nitrogen and oxygen atoms in total. The number of ether oxygens (including phenoxy) is 1. The first-order chi connectivity index (χ1) is 9.38. The average molecular weight is 305 g/mol. The molecule has 2 fully saturated rings. The molecule has 0 aromatic heterocycles. The van der Waals surface area contributed by atoms with Gasteiger partial charge in [-0.3, -0.25) is 9.69 Å². The summed E-state index contributed by atoms with van der Waals surface area (Å²) < 4.78 is 30.2. The van der Waals surface area contributed by atoms with Crippen LogP contribution in [0.1, 0.15) is 12.8 Å². The minimum Gasteiger partial charge on any atom is -0.381 e. The van der Waals surface area contributed by atoms with Crippen molar-refractivity contribution in [2.45, 2.75) is 18.9 Å². The number of nitrogens with two attached hydrogens (primary N) is 1. The number of carbonyl (C=O) groups is 1. The van der Waals surface area contributed by atoms with Crippen molar-refractivity contribution < 1.29 is 17.9 Å². The Morgan fingerprint density at radius 2 is 1.85 bits per heavy atom. The van der Waals surface area contributed by atoms with Crippen LogP contribution in [0.4, 0.5) is 0 Å². The van der Waals surface area contributed by atoms with Crippen LogP contribution in [-0.4, -0.2) is 75.2 Å². The Hall–Kier alpha value is -0.700. The van der Waals surface area contributed by atoms with Crippen molar-refractivity contribution >= 4 is 15.9 Å². The third kappa shape index (κ3) is 3.91. The number of nitrogens with zero attached hydrogens (tertiary/aromatic N) is 2. The summed E-state index contributed by atoms with van der Waals surface area (Å²) in [5.74, 6) is -0.882. The number of carbonyl (C=O) groups excluding carboxylic acids is 1. The molecule has 2 aliphatic heterocycles. The maximum absolute atomic E-state index is 11.7. The van der Waals surface area contributed by atoms with Gasteiger partial charge >= 0.3 is 0 Å². The predicted molar refractivity (Wildman–Crippen MR) is 74.5 cm³/mol. The van der Waals surface area contributed by atoms with Crippen LogP contribution in [0.15, 0.2) is 0 Å². The predicted octanol–water partition coefficient (Wildman–Crippen LogP) is -1.16. The molecule has 1 atom stereocenters. The van der Waals surface area contributed by atoms with Crippen molar-refractivity contribution in [3.8, 4) is 0 Å². The number of primary amides is 1. The molecule has 2 N–H and O–H groups in total. The van der Waals surface area contributed by atoms with Gasteiger partial charge in [0.2, 0.25) is 15.9 Å². The van der Waals surface area contributed by atoms with E-state index in [1.54, 1.807) is 0 Å². The zero-order valence-corrected chi connectivity index (χ0v) is 12.6. The number of rotatable bonds is 3. The number of hydrogen-bond donors (Lipinski definition) is 1. The molecule has 1 unspecified atom stereocenters. The van der Waals surface area contributed by atoms with Crippen LogP contribution >= 0.6 is 0 Å². The molecule has 2 heterocycles. The summed E-state index contributed by atoms with van der Waals surface area (Å²) in [7, 11) is -3.30. The molecule has 0 spiro atoms. The van der Waals surface area contributed by atoms with Crippen molar-refractivity contribution in [1.29, 1.82) is 0 Å². The Bertz CT molecular complexity index is 448. The van der Waals surface area contributed by atoms with E-state index in [1.807, 2.05) is 0 Å². The first-order valence-corrected chi connectivity index (χ1v) is 8.79. The second-order valence-electron chi connectivity index (χ2n) is 5.56. The van der Waals surface area contributed by atoms with Crippen molar-refractivity contribution in [1.82, 2.24) is 9.21 Å². The fraction of sp³-hybridized carbons (Fsp3) is 0.917. The summed E-state index contributed by atoms with van der Waals surface area (Å²) in [6.45, 7) is 3.22. The lowest BCUT2D eigenvalue weighted by atomic mass is 10.0. The second kappa shape index (κ2) is 6.38. The molecular weight excluding hydrogens is 282 g/mol. The van der Waals surface area contributed by atoms with Crippen LogP contribution in [0.25, 0.3) is 0 Å². The molecule has 2 rings (SSSR count). The fourth-order valence-corrected chi connectivity index (χ4v) is 3.74. The minimum absolute atomic E-state index is 0.188. The smallest absolute Gasteiger partial charge is 0.223 e. The number of hydrogen-bond acceptors (Lipinski definition) is 5. The first kappa shape index (κ1) is 15.7. The minimum atomic E-state index is -3.30. The van der Waals surface area contributed by atoms with E-state index in [9.17, 15) is 13.2 Å². The molecule has 0 bridgehead atoms. The number of sulfonamides is 1. The fourth-order valence-electron chi connectivity index (χ4n) is 2.87. The van der Waals surface area contributed by atoms with E-state index in [2.05, 4.69) is 4.90 Å². The van der Waals surface area contributed by atoms with E-state index in [1.165, 1.54) is 10.6 Å². The highest BCUT2D eigenvalue weighted by atomic mass is 32.2. The van der Waals surface area contributed by atoms with Gasteiger partial charge in [0.25, 0.3) is 0 Å². The monoisotopic (exact) mass is 305 g/mol. The normalized spacial score (nSPS) is 28.1. The standard InChI is InChI=1S/C12H23N3O4S/c1-20(17,18)15-5-4-14(8-10(9-15)12(13)16)11-2-6-19-7-3-11/h10-11H,2-9H2,1H3,(H2,13,16). The molecule has 20 heavy (non-hydrogen) atoms. The molecule has 2 saturated heterocycles. The van der Waals surface area contributed by atoms with Crippen LogP contribution in [0.2, 0.25) is 0 Å². The van der Waals surface area contributed by atoms with Gasteiger partial charge in [0.15, 0.2) is 0 Å². The van der Waals surface area contributed by atoms with Gasteiger partial charge in [-0.1, -0.05) is 0 Å². The second-order valence-corrected chi connectivity index (χ2v) is 7.54. The summed E-state index contributed by atoms with van der Waals surface area (Å²) in [6.07, 6.45) is 3.02. The van der Waals surface area contributed by atoms with E-state index in [0.29, 0.717) is 25.7 Å². The van der Waals surface area contributed by atoms with Crippen molar-refractivity contribution in [3.63, 3.8) is 0 Å². The van der Waals surface area contributed by atoms with Crippen molar-refractivity contribution in [2.75, 3.05) is 45.6 Å². The Morgan fingerprint density at radius 3 is 2.40 bits per heavy atom. The molecule has 0 radical (unpaired) electrons. The Labute approximate surface area is 120 Å². The van der Waals surface area contributed by atoms with E-state index in [-0.39, 0.29) is 6.54 Å². The van der Waals surface area contributed by atoms with Gasteiger partial charge in [0, 0.05) is 45.4 Å². The summed E-state index contributed by atoms with van der Waals surface area (Å²) in [4.78, 5) is 13.8. The van der Waals surface area contributed by atoms with E-state index < -0.39 is 21.8 Å². The van der Waals surface area contributed by atoms with Crippen LogP contribution < -0.4 is 5.73 Å². The SMILES string of the molecule is CS(=O)(=O)N1CCN(C2CCOCC2)CC(C(N)=O)C1. The van der Waals surface area contributed by atoms with Gasteiger partial charge in [-0.2, -0.15) is 0 Å². The number of amides is 1. The van der Waals surface area contributed by atoms with Crippen LogP contribution in [0.5, 0.6) is 0 Å². The molecule has 0 aliphatic carbocycles. The first-order valence-electron chi connectivity index (χ1n) is 6.94. The topological polar surface area (TPSA) is 92.9 Å². The maximum atomic E-state index is 11.7. The highest BCUT2D eigenvalue weighted by Gasteiger charge is 2.33.